The van der Waals surface area contributed by atoms with Gasteiger partial charge < -0.3 is 16.0 Å². The molecule has 1 saturated heterocycles. The Labute approximate surface area is 135 Å². The van der Waals surface area contributed by atoms with Gasteiger partial charge in [0, 0.05) is 17.6 Å². The molecule has 1 heterocycles. The first-order chi connectivity index (χ1) is 10.1. The molecule has 0 spiro atoms. The molecule has 3 N–H and O–H groups in total. The van der Waals surface area contributed by atoms with Crippen molar-refractivity contribution in [3.05, 3.63) is 28.2 Å². The van der Waals surface area contributed by atoms with E-state index in [0.29, 0.717) is 11.5 Å². The van der Waals surface area contributed by atoms with E-state index < -0.39 is 0 Å². The standard InChI is InChI=1S/C16H24BrN3O/c1-2-9-20(11-12-5-4-8-19-10-12)14-7-3-6-13(17)15(14)16(18)21/h3,6-7,12,19H,2,4-5,8-11H2,1H3,(H2,18,21). The minimum absolute atomic E-state index is 0.375. The topological polar surface area (TPSA) is 58.4 Å². The summed E-state index contributed by atoms with van der Waals surface area (Å²) in [5.41, 5.74) is 7.12. The lowest BCUT2D eigenvalue weighted by molar-refractivity contribution is 0.1000. The molecule has 1 aliphatic heterocycles. The molecule has 1 amide bonds. The van der Waals surface area contributed by atoms with Gasteiger partial charge in [0.2, 0.25) is 0 Å². The lowest BCUT2D eigenvalue weighted by atomic mass is 9.98. The molecular formula is C16H24BrN3O. The Morgan fingerprint density at radius 2 is 2.33 bits per heavy atom. The first kappa shape index (κ1) is 16.3. The number of amides is 1. The second-order valence-electron chi connectivity index (χ2n) is 5.66. The highest BCUT2D eigenvalue weighted by atomic mass is 79.9. The predicted molar refractivity (Wildman–Crippen MR) is 90.8 cm³/mol. The first-order valence-electron chi connectivity index (χ1n) is 7.67. The quantitative estimate of drug-likeness (QED) is 0.826. The zero-order chi connectivity index (χ0) is 15.2. The van der Waals surface area contributed by atoms with E-state index in [2.05, 4.69) is 33.1 Å². The van der Waals surface area contributed by atoms with Crippen molar-refractivity contribution in [3.63, 3.8) is 0 Å². The molecule has 1 aliphatic rings. The van der Waals surface area contributed by atoms with Crippen molar-refractivity contribution in [2.75, 3.05) is 31.1 Å². The number of anilines is 1. The summed E-state index contributed by atoms with van der Waals surface area (Å²) in [5.74, 6) is 0.255. The van der Waals surface area contributed by atoms with Crippen molar-refractivity contribution >= 4 is 27.5 Å². The fourth-order valence-electron chi connectivity index (χ4n) is 2.99. The predicted octanol–water partition coefficient (Wildman–Crippen LogP) is 2.76. The molecule has 0 saturated carbocycles. The third kappa shape index (κ3) is 4.20. The van der Waals surface area contributed by atoms with E-state index in [-0.39, 0.29) is 5.91 Å². The number of nitrogens with zero attached hydrogens (tertiary/aromatic N) is 1. The average Bonchev–Trinajstić information content (AvgIpc) is 2.47. The van der Waals surface area contributed by atoms with Gasteiger partial charge in [0.15, 0.2) is 0 Å². The van der Waals surface area contributed by atoms with E-state index in [1.54, 1.807) is 0 Å². The minimum Gasteiger partial charge on any atom is -0.371 e. The Balaban J connectivity index is 2.24. The molecule has 1 aromatic rings. The maximum atomic E-state index is 11.8. The number of primary amides is 1. The van der Waals surface area contributed by atoms with Gasteiger partial charge in [-0.2, -0.15) is 0 Å². The van der Waals surface area contributed by atoms with Gasteiger partial charge in [0.25, 0.3) is 5.91 Å². The van der Waals surface area contributed by atoms with Gasteiger partial charge in [0.05, 0.1) is 11.3 Å². The molecule has 1 unspecified atom stereocenters. The highest BCUT2D eigenvalue weighted by molar-refractivity contribution is 9.10. The van der Waals surface area contributed by atoms with Crippen molar-refractivity contribution in [3.8, 4) is 0 Å². The Hall–Kier alpha value is -1.07. The number of piperidine rings is 1. The first-order valence-corrected chi connectivity index (χ1v) is 8.46. The highest BCUT2D eigenvalue weighted by Gasteiger charge is 2.21. The summed E-state index contributed by atoms with van der Waals surface area (Å²) in [6, 6.07) is 5.83. The summed E-state index contributed by atoms with van der Waals surface area (Å²) in [6.45, 7) is 6.24. The smallest absolute Gasteiger partial charge is 0.251 e. The Morgan fingerprint density at radius 1 is 1.52 bits per heavy atom. The van der Waals surface area contributed by atoms with Gasteiger partial charge in [-0.05, 0) is 66.3 Å². The summed E-state index contributed by atoms with van der Waals surface area (Å²) >= 11 is 3.45. The van der Waals surface area contributed by atoms with Crippen LogP contribution in [0.4, 0.5) is 5.69 Å². The van der Waals surface area contributed by atoms with Gasteiger partial charge in [-0.3, -0.25) is 4.79 Å². The van der Waals surface area contributed by atoms with Crippen LogP contribution >= 0.6 is 15.9 Å². The lowest BCUT2D eigenvalue weighted by Crippen LogP contribution is -2.39. The molecule has 4 nitrogen and oxygen atoms in total. The third-order valence-electron chi connectivity index (χ3n) is 3.95. The maximum absolute atomic E-state index is 11.8. The van der Waals surface area contributed by atoms with Crippen LogP contribution in [0.3, 0.4) is 0 Å². The van der Waals surface area contributed by atoms with Crippen LogP contribution in [0.2, 0.25) is 0 Å². The van der Waals surface area contributed by atoms with Crippen molar-refractivity contribution in [1.29, 1.82) is 0 Å². The van der Waals surface area contributed by atoms with E-state index in [9.17, 15) is 4.79 Å². The van der Waals surface area contributed by atoms with E-state index in [0.717, 1.165) is 42.8 Å². The molecule has 0 bridgehead atoms. The number of nitrogens with two attached hydrogens (primary N) is 1. The van der Waals surface area contributed by atoms with Crippen molar-refractivity contribution in [1.82, 2.24) is 5.32 Å². The monoisotopic (exact) mass is 353 g/mol. The van der Waals surface area contributed by atoms with Crippen LogP contribution in [0.15, 0.2) is 22.7 Å². The molecule has 21 heavy (non-hydrogen) atoms. The number of halogens is 1. The molecule has 1 atom stereocenters. The summed E-state index contributed by atoms with van der Waals surface area (Å²) < 4.78 is 0.773. The van der Waals surface area contributed by atoms with Crippen LogP contribution in [-0.4, -0.2) is 32.1 Å². The van der Waals surface area contributed by atoms with Gasteiger partial charge in [0.1, 0.15) is 0 Å². The summed E-state index contributed by atoms with van der Waals surface area (Å²) in [5, 5.41) is 3.45. The molecule has 1 aromatic carbocycles. The summed E-state index contributed by atoms with van der Waals surface area (Å²) in [7, 11) is 0. The zero-order valence-corrected chi connectivity index (χ0v) is 14.2. The molecule has 1 fully saturated rings. The summed E-state index contributed by atoms with van der Waals surface area (Å²) in [6.07, 6.45) is 3.52. The molecule has 0 radical (unpaired) electrons. The van der Waals surface area contributed by atoms with Crippen LogP contribution in [0.1, 0.15) is 36.5 Å². The molecule has 2 rings (SSSR count). The largest absolute Gasteiger partial charge is 0.371 e. The fourth-order valence-corrected chi connectivity index (χ4v) is 3.54. The molecule has 116 valence electrons. The third-order valence-corrected chi connectivity index (χ3v) is 4.61. The Bertz CT molecular complexity index is 486. The van der Waals surface area contributed by atoms with Crippen LogP contribution in [0, 0.1) is 5.92 Å². The van der Waals surface area contributed by atoms with Crippen LogP contribution in [0.5, 0.6) is 0 Å². The average molecular weight is 354 g/mol. The van der Waals surface area contributed by atoms with Gasteiger partial charge in [-0.1, -0.05) is 13.0 Å². The van der Waals surface area contributed by atoms with E-state index in [4.69, 9.17) is 5.73 Å². The Morgan fingerprint density at radius 3 is 2.95 bits per heavy atom. The molecular weight excluding hydrogens is 330 g/mol. The van der Waals surface area contributed by atoms with E-state index in [1.165, 1.54) is 12.8 Å². The second kappa shape index (κ2) is 7.80. The highest BCUT2D eigenvalue weighted by Crippen LogP contribution is 2.29. The van der Waals surface area contributed by atoms with Gasteiger partial charge in [-0.15, -0.1) is 0 Å². The number of carbonyl (C=O) groups excluding carboxylic acids is 1. The van der Waals surface area contributed by atoms with Crippen molar-refractivity contribution in [2.45, 2.75) is 26.2 Å². The van der Waals surface area contributed by atoms with Crippen molar-refractivity contribution < 1.29 is 4.79 Å². The van der Waals surface area contributed by atoms with Gasteiger partial charge >= 0.3 is 0 Å². The van der Waals surface area contributed by atoms with E-state index >= 15 is 0 Å². The SMILES string of the molecule is CCCN(CC1CCCNC1)c1cccc(Br)c1C(N)=O. The van der Waals surface area contributed by atoms with Crippen molar-refractivity contribution in [2.24, 2.45) is 11.7 Å². The van der Waals surface area contributed by atoms with Crippen LogP contribution < -0.4 is 16.0 Å². The minimum atomic E-state index is -0.375. The number of hydrogen-bond donors (Lipinski definition) is 2. The maximum Gasteiger partial charge on any atom is 0.251 e. The number of nitrogens with one attached hydrogen (secondary N) is 1. The van der Waals surface area contributed by atoms with E-state index in [1.807, 2.05) is 18.2 Å². The second-order valence-corrected chi connectivity index (χ2v) is 6.51. The molecule has 0 aliphatic carbocycles. The number of benzene rings is 1. The Kier molecular flexibility index (Phi) is 6.06. The van der Waals surface area contributed by atoms with Crippen LogP contribution in [0.25, 0.3) is 0 Å². The zero-order valence-electron chi connectivity index (χ0n) is 12.6. The normalized spacial score (nSPS) is 18.5. The molecule has 0 aromatic heterocycles. The number of rotatable bonds is 6. The summed E-state index contributed by atoms with van der Waals surface area (Å²) in [4.78, 5) is 14.1. The van der Waals surface area contributed by atoms with Gasteiger partial charge in [-0.25, -0.2) is 0 Å². The fraction of sp³-hybridized carbons (Fsp3) is 0.562. The molecule has 5 heteroatoms. The lowest BCUT2D eigenvalue weighted by Gasteiger charge is -2.32. The number of hydrogen-bond acceptors (Lipinski definition) is 3. The number of carbonyl (C=O) groups is 1. The van der Waals surface area contributed by atoms with Crippen LogP contribution in [-0.2, 0) is 0 Å².